The van der Waals surface area contributed by atoms with Crippen LogP contribution in [-0.4, -0.2) is 52.7 Å². The van der Waals surface area contributed by atoms with E-state index in [0.29, 0.717) is 20.9 Å². The average molecular weight is 485 g/mol. The maximum atomic E-state index is 14.3. The van der Waals surface area contributed by atoms with Crippen LogP contribution >= 0.6 is 0 Å². The number of hydrogen-bond acceptors (Lipinski definition) is 7. The second-order valence-electron chi connectivity index (χ2n) is 7.87. The van der Waals surface area contributed by atoms with E-state index in [1.165, 1.54) is 29.9 Å². The zero-order chi connectivity index (χ0) is 24.8. The van der Waals surface area contributed by atoms with E-state index in [0.717, 1.165) is 12.1 Å². The van der Waals surface area contributed by atoms with Gasteiger partial charge in [-0.1, -0.05) is 17.3 Å². The maximum absolute atomic E-state index is 14.3. The van der Waals surface area contributed by atoms with E-state index >= 15 is 0 Å². The quantitative estimate of drug-likeness (QED) is 0.505. The minimum Gasteiger partial charge on any atom is -0.388 e. The normalized spacial score (nSPS) is 22.9. The monoisotopic (exact) mass is 485 g/mol. The molecule has 0 spiro atoms. The van der Waals surface area contributed by atoms with Crippen molar-refractivity contribution in [3.8, 4) is 0 Å². The van der Waals surface area contributed by atoms with Crippen molar-refractivity contribution in [2.75, 3.05) is 0 Å². The highest BCUT2D eigenvalue weighted by Crippen LogP contribution is 2.29. The molecule has 1 aromatic carbocycles. The molecular weight excluding hydrogens is 466 g/mol. The number of benzene rings is 1. The van der Waals surface area contributed by atoms with Crippen molar-refractivity contribution in [3.05, 3.63) is 80.1 Å². The topological polar surface area (TPSA) is 124 Å². The summed E-state index contributed by atoms with van der Waals surface area (Å²) in [4.78, 5) is 25.1. The lowest BCUT2D eigenvalue weighted by Gasteiger charge is -2.18. The fraction of sp³-hybridized carbons (Fsp3) is 0.400. The Kier molecular flexibility index (Phi) is 6.14. The predicted octanol–water partition coefficient (Wildman–Crippen LogP) is 0.495. The zero-order valence-corrected chi connectivity index (χ0v) is 17.6. The summed E-state index contributed by atoms with van der Waals surface area (Å²) in [7, 11) is 0. The lowest BCUT2D eigenvalue weighted by molar-refractivity contribution is -0.137. The fourth-order valence-electron chi connectivity index (χ4n) is 3.60. The Hall–Kier alpha value is -3.36. The summed E-state index contributed by atoms with van der Waals surface area (Å²) in [5.41, 5.74) is -2.44. The highest BCUT2D eigenvalue weighted by atomic mass is 19.4. The van der Waals surface area contributed by atoms with E-state index in [2.05, 4.69) is 10.3 Å². The van der Waals surface area contributed by atoms with Crippen LogP contribution in [0.15, 0.2) is 46.2 Å². The molecule has 0 bridgehead atoms. The molecule has 14 heteroatoms. The van der Waals surface area contributed by atoms with Gasteiger partial charge in [-0.15, -0.1) is 5.10 Å². The molecule has 4 unspecified atom stereocenters. The minimum absolute atomic E-state index is 0.0608. The van der Waals surface area contributed by atoms with Crippen molar-refractivity contribution < 1.29 is 32.5 Å². The first-order chi connectivity index (χ1) is 16.0. The van der Waals surface area contributed by atoms with E-state index in [1.807, 2.05) is 0 Å². The minimum atomic E-state index is -4.46. The van der Waals surface area contributed by atoms with Gasteiger partial charge in [-0.3, -0.25) is 13.9 Å². The van der Waals surface area contributed by atoms with Crippen molar-refractivity contribution in [2.45, 2.75) is 50.7 Å². The Bertz CT molecular complexity index is 1300. The van der Waals surface area contributed by atoms with Crippen LogP contribution in [0.2, 0.25) is 0 Å². The van der Waals surface area contributed by atoms with Crippen molar-refractivity contribution in [1.82, 2.24) is 24.1 Å². The van der Waals surface area contributed by atoms with Gasteiger partial charge in [0, 0.05) is 0 Å². The molecule has 2 N–H and O–H groups in total. The number of aliphatic hydroxyl groups excluding tert-OH is 2. The number of hydrogen-bond donors (Lipinski definition) is 2. The highest BCUT2D eigenvalue weighted by molar-refractivity contribution is 5.24. The first kappa shape index (κ1) is 23.8. The molecule has 34 heavy (non-hydrogen) atoms. The van der Waals surface area contributed by atoms with Crippen LogP contribution in [0.4, 0.5) is 17.6 Å². The molecule has 1 aliphatic rings. The van der Waals surface area contributed by atoms with Crippen LogP contribution in [0.25, 0.3) is 0 Å². The second kappa shape index (κ2) is 8.77. The summed E-state index contributed by atoms with van der Waals surface area (Å²) in [6.07, 6.45) is -7.59. The Labute approximate surface area is 188 Å². The number of aliphatic hydroxyl groups is 2. The van der Waals surface area contributed by atoms with Crippen LogP contribution in [0.3, 0.4) is 0 Å². The van der Waals surface area contributed by atoms with E-state index < -0.39 is 59.9 Å². The van der Waals surface area contributed by atoms with E-state index in [4.69, 9.17) is 4.74 Å². The Morgan fingerprint density at radius 2 is 1.74 bits per heavy atom. The molecule has 3 heterocycles. The molecule has 3 aromatic rings. The van der Waals surface area contributed by atoms with Gasteiger partial charge >= 0.3 is 11.9 Å². The molecule has 10 nitrogen and oxygen atoms in total. The van der Waals surface area contributed by atoms with Gasteiger partial charge in [0.2, 0.25) is 5.82 Å². The molecule has 0 radical (unpaired) electrons. The molecule has 4 rings (SSSR count). The molecule has 0 amide bonds. The Morgan fingerprint density at radius 3 is 2.32 bits per heavy atom. The number of ether oxygens (including phenoxy) is 1. The average Bonchev–Trinajstić information content (AvgIpc) is 3.32. The molecular formula is C20H19F4N5O5. The van der Waals surface area contributed by atoms with Crippen molar-refractivity contribution in [1.29, 1.82) is 0 Å². The molecule has 1 fully saturated rings. The van der Waals surface area contributed by atoms with Crippen LogP contribution in [0.1, 0.15) is 30.0 Å². The summed E-state index contributed by atoms with van der Waals surface area (Å²) in [6, 6.07) is 4.42. The summed E-state index contributed by atoms with van der Waals surface area (Å²) in [6.45, 7) is 1.05. The van der Waals surface area contributed by atoms with Gasteiger partial charge in [0.05, 0.1) is 37.2 Å². The molecule has 182 valence electrons. The second-order valence-corrected chi connectivity index (χ2v) is 7.87. The molecule has 4 atom stereocenters. The number of nitrogens with zero attached hydrogens (tertiary/aromatic N) is 5. The van der Waals surface area contributed by atoms with Gasteiger partial charge in [0.25, 0.3) is 5.56 Å². The largest absolute Gasteiger partial charge is 0.416 e. The van der Waals surface area contributed by atoms with E-state index in [9.17, 15) is 37.4 Å². The smallest absolute Gasteiger partial charge is 0.388 e. The molecule has 1 aliphatic heterocycles. The summed E-state index contributed by atoms with van der Waals surface area (Å²) in [5, 5.41) is 27.6. The fourth-order valence-corrected chi connectivity index (χ4v) is 3.60. The first-order valence-corrected chi connectivity index (χ1v) is 10.0. The SMILES string of the molecule is CC1OC(n2cc(F)c(=O)n(Cc3cn(Cc4ccc(C(F)(F)F)cc4)nn3)c2=O)C(O)C1O. The van der Waals surface area contributed by atoms with Gasteiger partial charge in [0.15, 0.2) is 6.23 Å². The van der Waals surface area contributed by atoms with Gasteiger partial charge in [-0.05, 0) is 24.6 Å². The summed E-state index contributed by atoms with van der Waals surface area (Å²) >= 11 is 0. The van der Waals surface area contributed by atoms with Crippen LogP contribution < -0.4 is 11.2 Å². The Balaban J connectivity index is 1.56. The van der Waals surface area contributed by atoms with E-state index in [-0.39, 0.29) is 12.2 Å². The summed E-state index contributed by atoms with van der Waals surface area (Å²) in [5.74, 6) is -1.29. The highest BCUT2D eigenvalue weighted by Gasteiger charge is 2.42. The van der Waals surface area contributed by atoms with Gasteiger partial charge in [-0.2, -0.15) is 17.6 Å². The van der Waals surface area contributed by atoms with Gasteiger partial charge < -0.3 is 14.9 Å². The van der Waals surface area contributed by atoms with Crippen molar-refractivity contribution in [3.63, 3.8) is 0 Å². The first-order valence-electron chi connectivity index (χ1n) is 10.0. The molecule has 1 saturated heterocycles. The Morgan fingerprint density at radius 1 is 1.06 bits per heavy atom. The molecule has 0 saturated carbocycles. The standard InChI is InChI=1S/C20H19F4N5O5/c1-10-15(30)16(31)18(34-10)29-9-14(21)17(32)28(19(29)33)8-13-7-27(26-25-13)6-11-2-4-12(5-3-11)20(22,23)24/h2-5,7,9-10,15-16,18,30-31H,6,8H2,1H3. The predicted molar refractivity (Wildman–Crippen MR) is 106 cm³/mol. The van der Waals surface area contributed by atoms with E-state index in [1.54, 1.807) is 0 Å². The third-order valence-electron chi connectivity index (χ3n) is 5.44. The number of alkyl halides is 3. The lowest BCUT2D eigenvalue weighted by Crippen LogP contribution is -2.44. The van der Waals surface area contributed by atoms with Gasteiger partial charge in [0.1, 0.15) is 17.9 Å². The number of rotatable bonds is 5. The third-order valence-corrected chi connectivity index (χ3v) is 5.44. The summed E-state index contributed by atoms with van der Waals surface area (Å²) < 4.78 is 60.2. The van der Waals surface area contributed by atoms with Crippen LogP contribution in [0, 0.1) is 5.82 Å². The third kappa shape index (κ3) is 4.51. The number of halogens is 4. The number of aromatic nitrogens is 5. The zero-order valence-electron chi connectivity index (χ0n) is 17.6. The lowest BCUT2D eigenvalue weighted by atomic mass is 10.1. The van der Waals surface area contributed by atoms with Gasteiger partial charge in [-0.25, -0.2) is 9.48 Å². The van der Waals surface area contributed by atoms with Crippen molar-refractivity contribution in [2.24, 2.45) is 0 Å². The molecule has 2 aromatic heterocycles. The van der Waals surface area contributed by atoms with Crippen molar-refractivity contribution >= 4 is 0 Å². The molecule has 0 aliphatic carbocycles. The van der Waals surface area contributed by atoms with Crippen LogP contribution in [0.5, 0.6) is 0 Å². The van der Waals surface area contributed by atoms with Crippen LogP contribution in [-0.2, 0) is 24.0 Å². The maximum Gasteiger partial charge on any atom is 0.416 e.